The van der Waals surface area contributed by atoms with Crippen LogP contribution in [0.25, 0.3) is 0 Å². The van der Waals surface area contributed by atoms with E-state index in [1.54, 1.807) is 0 Å². The minimum absolute atomic E-state index is 0.176. The van der Waals surface area contributed by atoms with Crippen LogP contribution in [0.5, 0.6) is 6.01 Å². The lowest BCUT2D eigenvalue weighted by Gasteiger charge is -2.44. The number of nitrogens with zero attached hydrogens (tertiary/aromatic N) is 4. The Kier molecular flexibility index (Phi) is 4.21. The molecule has 6 nitrogen and oxygen atoms in total. The molecule has 3 aliphatic heterocycles. The van der Waals surface area contributed by atoms with E-state index in [9.17, 15) is 0 Å². The average molecular weight is 298 g/mol. The van der Waals surface area contributed by atoms with Crippen molar-refractivity contribution in [3.05, 3.63) is 5.28 Å². The van der Waals surface area contributed by atoms with E-state index >= 15 is 0 Å². The second-order valence-electron chi connectivity index (χ2n) is 5.45. The summed E-state index contributed by atoms with van der Waals surface area (Å²) in [6.07, 6.45) is 3.40. The summed E-state index contributed by atoms with van der Waals surface area (Å²) < 4.78 is 5.43. The Bertz CT molecular complexity index is 464. The van der Waals surface area contributed by atoms with Crippen molar-refractivity contribution < 1.29 is 4.74 Å². The van der Waals surface area contributed by atoms with Crippen LogP contribution in [0.15, 0.2) is 0 Å². The molecule has 0 amide bonds. The summed E-state index contributed by atoms with van der Waals surface area (Å²) in [7, 11) is 0. The zero-order valence-electron chi connectivity index (χ0n) is 11.7. The van der Waals surface area contributed by atoms with Gasteiger partial charge in [-0.1, -0.05) is 6.92 Å². The number of piperidine rings is 3. The van der Waals surface area contributed by atoms with Gasteiger partial charge in [0.15, 0.2) is 0 Å². The molecule has 0 aromatic carbocycles. The van der Waals surface area contributed by atoms with E-state index in [4.69, 9.17) is 16.3 Å². The van der Waals surface area contributed by atoms with Crippen LogP contribution < -0.4 is 10.1 Å². The molecule has 4 rings (SSSR count). The molecule has 3 saturated heterocycles. The number of ether oxygens (including phenoxy) is 1. The van der Waals surface area contributed by atoms with Crippen LogP contribution in [-0.2, 0) is 0 Å². The van der Waals surface area contributed by atoms with Gasteiger partial charge >= 0.3 is 6.01 Å². The SMILES string of the molecule is CCCOc1nc(Cl)nc(NC2CN3CCC2CC3)n1. The third kappa shape index (κ3) is 3.12. The highest BCUT2D eigenvalue weighted by atomic mass is 35.5. The lowest BCUT2D eigenvalue weighted by atomic mass is 9.84. The Hall–Kier alpha value is -1.14. The summed E-state index contributed by atoms with van der Waals surface area (Å²) >= 11 is 5.93. The van der Waals surface area contributed by atoms with Crippen molar-refractivity contribution in [3.63, 3.8) is 0 Å². The molecule has 0 saturated carbocycles. The quantitative estimate of drug-likeness (QED) is 0.894. The number of anilines is 1. The smallest absolute Gasteiger partial charge is 0.322 e. The molecule has 3 fully saturated rings. The Morgan fingerprint density at radius 3 is 2.75 bits per heavy atom. The first-order chi connectivity index (χ1) is 9.74. The average Bonchev–Trinajstić information content (AvgIpc) is 2.46. The Morgan fingerprint density at radius 2 is 2.10 bits per heavy atom. The van der Waals surface area contributed by atoms with Gasteiger partial charge in [-0.15, -0.1) is 0 Å². The maximum absolute atomic E-state index is 5.93. The lowest BCUT2D eigenvalue weighted by molar-refractivity contribution is 0.0971. The minimum atomic E-state index is 0.176. The van der Waals surface area contributed by atoms with Gasteiger partial charge in [-0.2, -0.15) is 15.0 Å². The van der Waals surface area contributed by atoms with Gasteiger partial charge in [0.25, 0.3) is 0 Å². The van der Waals surface area contributed by atoms with E-state index in [-0.39, 0.29) is 5.28 Å². The first kappa shape index (κ1) is 13.8. The van der Waals surface area contributed by atoms with Crippen molar-refractivity contribution in [2.75, 3.05) is 31.6 Å². The standard InChI is InChI=1S/C13H20ClN5O/c1-2-7-20-13-17-11(14)16-12(18-13)15-10-8-19-5-3-9(10)4-6-19/h9-10H,2-8H2,1H3,(H,15,16,17,18). The third-order valence-electron chi connectivity index (χ3n) is 3.99. The van der Waals surface area contributed by atoms with Crippen molar-refractivity contribution in [1.29, 1.82) is 0 Å². The van der Waals surface area contributed by atoms with Gasteiger partial charge in [-0.05, 0) is 49.9 Å². The van der Waals surface area contributed by atoms with E-state index in [1.165, 1.54) is 25.9 Å². The van der Waals surface area contributed by atoms with Crippen LogP contribution >= 0.6 is 11.6 Å². The highest BCUT2D eigenvalue weighted by Gasteiger charge is 2.34. The molecule has 2 bridgehead atoms. The molecule has 20 heavy (non-hydrogen) atoms. The van der Waals surface area contributed by atoms with Crippen molar-refractivity contribution in [2.24, 2.45) is 5.92 Å². The molecule has 0 radical (unpaired) electrons. The number of halogens is 1. The van der Waals surface area contributed by atoms with Gasteiger partial charge in [0.2, 0.25) is 11.2 Å². The van der Waals surface area contributed by atoms with Crippen molar-refractivity contribution in [3.8, 4) is 6.01 Å². The van der Waals surface area contributed by atoms with Gasteiger partial charge < -0.3 is 15.0 Å². The maximum atomic E-state index is 5.93. The molecule has 110 valence electrons. The second kappa shape index (κ2) is 6.10. The Labute approximate surface area is 123 Å². The molecule has 0 spiro atoms. The van der Waals surface area contributed by atoms with E-state index in [2.05, 4.69) is 25.2 Å². The molecule has 1 unspecified atom stereocenters. The molecule has 0 aliphatic carbocycles. The molecule has 7 heteroatoms. The monoisotopic (exact) mass is 297 g/mol. The van der Waals surface area contributed by atoms with Crippen LogP contribution in [0.4, 0.5) is 5.95 Å². The molecule has 3 aliphatic rings. The van der Waals surface area contributed by atoms with Gasteiger partial charge in [-0.25, -0.2) is 0 Å². The maximum Gasteiger partial charge on any atom is 0.322 e. The molecule has 1 N–H and O–H groups in total. The number of hydrogen-bond acceptors (Lipinski definition) is 6. The predicted octanol–water partition coefficient (Wildman–Crippen LogP) is 1.82. The minimum Gasteiger partial charge on any atom is -0.463 e. The van der Waals surface area contributed by atoms with E-state index in [1.807, 2.05) is 6.92 Å². The van der Waals surface area contributed by atoms with Crippen molar-refractivity contribution >= 4 is 17.5 Å². The Morgan fingerprint density at radius 1 is 1.30 bits per heavy atom. The highest BCUT2D eigenvalue weighted by Crippen LogP contribution is 2.29. The zero-order valence-corrected chi connectivity index (χ0v) is 12.4. The fourth-order valence-electron chi connectivity index (χ4n) is 2.95. The summed E-state index contributed by atoms with van der Waals surface area (Å²) in [5, 5.41) is 3.58. The van der Waals surface area contributed by atoms with Crippen LogP contribution in [-0.4, -0.2) is 52.1 Å². The van der Waals surface area contributed by atoms with Gasteiger partial charge in [-0.3, -0.25) is 0 Å². The van der Waals surface area contributed by atoms with Crippen LogP contribution in [0.2, 0.25) is 5.28 Å². The Balaban J connectivity index is 1.68. The first-order valence-corrected chi connectivity index (χ1v) is 7.65. The number of fused-ring (bicyclic) bond motifs is 3. The largest absolute Gasteiger partial charge is 0.463 e. The summed E-state index contributed by atoms with van der Waals surface area (Å²) in [6.45, 7) is 6.10. The van der Waals surface area contributed by atoms with Crippen molar-refractivity contribution in [1.82, 2.24) is 19.9 Å². The van der Waals surface area contributed by atoms with E-state index in [0.717, 1.165) is 13.0 Å². The number of rotatable bonds is 5. The molecule has 1 atom stereocenters. The van der Waals surface area contributed by atoms with E-state index < -0.39 is 0 Å². The summed E-state index contributed by atoms with van der Waals surface area (Å²) in [5.41, 5.74) is 0. The summed E-state index contributed by atoms with van der Waals surface area (Å²) in [4.78, 5) is 14.9. The van der Waals surface area contributed by atoms with Gasteiger partial charge in [0.05, 0.1) is 6.61 Å². The van der Waals surface area contributed by atoms with Crippen LogP contribution in [0.3, 0.4) is 0 Å². The second-order valence-corrected chi connectivity index (χ2v) is 5.79. The lowest BCUT2D eigenvalue weighted by Crippen LogP contribution is -2.53. The fourth-order valence-corrected chi connectivity index (χ4v) is 3.10. The molecular formula is C13H20ClN5O. The number of aromatic nitrogens is 3. The fraction of sp³-hybridized carbons (Fsp3) is 0.769. The number of nitrogens with one attached hydrogen (secondary N) is 1. The summed E-state index contributed by atoms with van der Waals surface area (Å²) in [6, 6.07) is 0.700. The molecule has 1 aromatic rings. The number of hydrogen-bond donors (Lipinski definition) is 1. The molecular weight excluding hydrogens is 278 g/mol. The van der Waals surface area contributed by atoms with Gasteiger partial charge in [0.1, 0.15) is 0 Å². The molecule has 4 heterocycles. The molecule has 1 aromatic heterocycles. The topological polar surface area (TPSA) is 63.2 Å². The van der Waals surface area contributed by atoms with Gasteiger partial charge in [0, 0.05) is 12.6 Å². The first-order valence-electron chi connectivity index (χ1n) is 7.28. The highest BCUT2D eigenvalue weighted by molar-refractivity contribution is 6.28. The summed E-state index contributed by atoms with van der Waals surface area (Å²) in [5.74, 6) is 1.23. The normalized spacial score (nSPS) is 28.4. The van der Waals surface area contributed by atoms with Crippen molar-refractivity contribution in [2.45, 2.75) is 32.2 Å². The third-order valence-corrected chi connectivity index (χ3v) is 4.16. The van der Waals surface area contributed by atoms with E-state index in [0.29, 0.717) is 30.5 Å². The predicted molar refractivity (Wildman–Crippen MR) is 77.2 cm³/mol. The van der Waals surface area contributed by atoms with Crippen LogP contribution in [0, 0.1) is 5.92 Å². The van der Waals surface area contributed by atoms with Crippen LogP contribution in [0.1, 0.15) is 26.2 Å². The zero-order chi connectivity index (χ0) is 13.9.